The fourth-order valence-electron chi connectivity index (χ4n) is 1.41. The van der Waals surface area contributed by atoms with Crippen LogP contribution in [0.5, 0.6) is 5.75 Å². The summed E-state index contributed by atoms with van der Waals surface area (Å²) in [7, 11) is 1.56. The Morgan fingerprint density at radius 3 is 2.61 bits per heavy atom. The molecule has 0 N–H and O–H groups in total. The average molecular weight is 248 g/mol. The third-order valence-electron chi connectivity index (χ3n) is 2.28. The first-order chi connectivity index (χ1) is 8.58. The summed E-state index contributed by atoms with van der Waals surface area (Å²) < 4.78 is 9.91. The lowest BCUT2D eigenvalue weighted by Gasteiger charge is -2.04. The quantitative estimate of drug-likeness (QED) is 0.347. The third kappa shape index (κ3) is 3.73. The molecule has 1 aromatic rings. The van der Waals surface area contributed by atoms with Crippen molar-refractivity contribution in [2.75, 3.05) is 13.7 Å². The summed E-state index contributed by atoms with van der Waals surface area (Å²) in [5.41, 5.74) is 0.748. The second-order valence-electron chi connectivity index (χ2n) is 3.61. The van der Waals surface area contributed by atoms with Gasteiger partial charge >= 0.3 is 5.97 Å². The molecule has 0 bridgehead atoms. The Morgan fingerprint density at radius 2 is 2.06 bits per heavy atom. The van der Waals surface area contributed by atoms with Crippen LogP contribution < -0.4 is 4.74 Å². The monoisotopic (exact) mass is 248 g/mol. The van der Waals surface area contributed by atoms with Crippen LogP contribution in [0, 0.1) is 0 Å². The molecular weight excluding hydrogens is 232 g/mol. The Hall–Kier alpha value is -2.10. The van der Waals surface area contributed by atoms with Crippen LogP contribution in [0.4, 0.5) is 0 Å². The average Bonchev–Trinajstić information content (AvgIpc) is 2.36. The van der Waals surface area contributed by atoms with E-state index < -0.39 is 5.97 Å². The van der Waals surface area contributed by atoms with E-state index in [1.54, 1.807) is 38.3 Å². The predicted molar refractivity (Wildman–Crippen MR) is 68.3 cm³/mol. The Labute approximate surface area is 106 Å². The first kappa shape index (κ1) is 14.0. The summed E-state index contributed by atoms with van der Waals surface area (Å²) in [6.07, 6.45) is 1.50. The van der Waals surface area contributed by atoms with Crippen molar-refractivity contribution in [1.29, 1.82) is 0 Å². The number of hydrogen-bond acceptors (Lipinski definition) is 4. The maximum Gasteiger partial charge on any atom is 0.341 e. The van der Waals surface area contributed by atoms with Crippen LogP contribution in [0.25, 0.3) is 6.08 Å². The first-order valence-corrected chi connectivity index (χ1v) is 5.62. The number of Topliss-reactive ketones (excluding diaryl/α,β-unsaturated/α-hetero) is 1. The van der Waals surface area contributed by atoms with Gasteiger partial charge in [0.25, 0.3) is 0 Å². The molecule has 0 radical (unpaired) electrons. The molecule has 4 heteroatoms. The van der Waals surface area contributed by atoms with Crippen molar-refractivity contribution in [3.8, 4) is 5.75 Å². The molecule has 0 atom stereocenters. The van der Waals surface area contributed by atoms with Crippen molar-refractivity contribution >= 4 is 17.8 Å². The minimum absolute atomic E-state index is 0.0325. The van der Waals surface area contributed by atoms with Crippen molar-refractivity contribution in [2.24, 2.45) is 0 Å². The molecule has 96 valence electrons. The zero-order chi connectivity index (χ0) is 13.5. The van der Waals surface area contributed by atoms with Crippen LogP contribution in [0.2, 0.25) is 0 Å². The number of ketones is 1. The van der Waals surface area contributed by atoms with Crippen molar-refractivity contribution < 1.29 is 19.1 Å². The minimum Gasteiger partial charge on any atom is -0.497 e. The Kier molecular flexibility index (Phi) is 5.11. The zero-order valence-corrected chi connectivity index (χ0v) is 10.7. The summed E-state index contributed by atoms with van der Waals surface area (Å²) in [6.45, 7) is 3.27. The van der Waals surface area contributed by atoms with Crippen molar-refractivity contribution in [2.45, 2.75) is 13.8 Å². The molecule has 0 aliphatic rings. The third-order valence-corrected chi connectivity index (χ3v) is 2.28. The van der Waals surface area contributed by atoms with Gasteiger partial charge in [-0.1, -0.05) is 12.1 Å². The largest absolute Gasteiger partial charge is 0.497 e. The van der Waals surface area contributed by atoms with Gasteiger partial charge in [0.15, 0.2) is 5.78 Å². The summed E-state index contributed by atoms with van der Waals surface area (Å²) in [6, 6.07) is 7.09. The number of carbonyl (C=O) groups excluding carboxylic acids is 2. The number of methoxy groups -OCH3 is 1. The van der Waals surface area contributed by atoms with Crippen LogP contribution in [-0.4, -0.2) is 25.5 Å². The summed E-state index contributed by atoms with van der Waals surface area (Å²) in [5.74, 6) is -0.264. The second-order valence-corrected chi connectivity index (χ2v) is 3.61. The Morgan fingerprint density at radius 1 is 1.33 bits per heavy atom. The molecular formula is C14H16O4. The predicted octanol–water partition coefficient (Wildman–Crippen LogP) is 2.23. The molecule has 0 amide bonds. The van der Waals surface area contributed by atoms with Crippen LogP contribution in [0.15, 0.2) is 29.8 Å². The molecule has 18 heavy (non-hydrogen) atoms. The highest BCUT2D eigenvalue weighted by Crippen LogP contribution is 2.16. The van der Waals surface area contributed by atoms with Gasteiger partial charge < -0.3 is 9.47 Å². The van der Waals surface area contributed by atoms with Crippen molar-refractivity contribution in [3.05, 3.63) is 35.4 Å². The standard InChI is InChI=1S/C14H16O4/c1-4-18-14(16)13(10(2)15)9-11-6-5-7-12(8-11)17-3/h5-9H,4H2,1-3H3. The van der Waals surface area contributed by atoms with E-state index in [9.17, 15) is 9.59 Å². The number of hydrogen-bond donors (Lipinski definition) is 0. The van der Waals surface area contributed by atoms with Crippen molar-refractivity contribution in [3.63, 3.8) is 0 Å². The van der Waals surface area contributed by atoms with E-state index in [1.165, 1.54) is 13.0 Å². The van der Waals surface area contributed by atoms with E-state index in [0.717, 1.165) is 0 Å². The zero-order valence-electron chi connectivity index (χ0n) is 10.7. The fraction of sp³-hybridized carbons (Fsp3) is 0.286. The first-order valence-electron chi connectivity index (χ1n) is 5.62. The van der Waals surface area contributed by atoms with Gasteiger partial charge in [-0.3, -0.25) is 4.79 Å². The van der Waals surface area contributed by atoms with E-state index >= 15 is 0 Å². The highest BCUT2D eigenvalue weighted by molar-refractivity contribution is 6.19. The van der Waals surface area contributed by atoms with E-state index in [0.29, 0.717) is 11.3 Å². The molecule has 0 aliphatic heterocycles. The fourth-order valence-corrected chi connectivity index (χ4v) is 1.41. The molecule has 0 fully saturated rings. The molecule has 0 aromatic heterocycles. The summed E-state index contributed by atoms with van der Waals surface area (Å²) in [5, 5.41) is 0. The number of benzene rings is 1. The van der Waals surface area contributed by atoms with E-state index in [1.807, 2.05) is 0 Å². The maximum absolute atomic E-state index is 11.6. The molecule has 4 nitrogen and oxygen atoms in total. The van der Waals surface area contributed by atoms with Crippen molar-refractivity contribution in [1.82, 2.24) is 0 Å². The van der Waals surface area contributed by atoms with Crippen LogP contribution >= 0.6 is 0 Å². The van der Waals surface area contributed by atoms with Crippen LogP contribution in [0.3, 0.4) is 0 Å². The van der Waals surface area contributed by atoms with Gasteiger partial charge in [-0.2, -0.15) is 0 Å². The topological polar surface area (TPSA) is 52.6 Å². The molecule has 0 heterocycles. The van der Waals surface area contributed by atoms with Gasteiger partial charge in [0, 0.05) is 0 Å². The highest BCUT2D eigenvalue weighted by atomic mass is 16.5. The molecule has 1 rings (SSSR count). The van der Waals surface area contributed by atoms with Gasteiger partial charge in [0.1, 0.15) is 11.3 Å². The molecule has 1 aromatic carbocycles. The molecule has 0 saturated carbocycles. The minimum atomic E-state index is -0.604. The van der Waals surface area contributed by atoms with Crippen LogP contribution in [0.1, 0.15) is 19.4 Å². The van der Waals surface area contributed by atoms with Gasteiger partial charge in [0.2, 0.25) is 0 Å². The van der Waals surface area contributed by atoms with Crippen LogP contribution in [-0.2, 0) is 14.3 Å². The lowest BCUT2D eigenvalue weighted by atomic mass is 10.1. The highest BCUT2D eigenvalue weighted by Gasteiger charge is 2.15. The normalized spacial score (nSPS) is 10.9. The number of ether oxygens (including phenoxy) is 2. The van der Waals surface area contributed by atoms with E-state index in [4.69, 9.17) is 9.47 Å². The number of esters is 1. The van der Waals surface area contributed by atoms with Gasteiger partial charge in [-0.05, 0) is 37.6 Å². The lowest BCUT2D eigenvalue weighted by Crippen LogP contribution is -2.13. The second kappa shape index (κ2) is 6.59. The number of rotatable bonds is 5. The van der Waals surface area contributed by atoms with Gasteiger partial charge in [-0.25, -0.2) is 4.79 Å². The smallest absolute Gasteiger partial charge is 0.341 e. The lowest BCUT2D eigenvalue weighted by molar-refractivity contribution is -0.139. The summed E-state index contributed by atoms with van der Waals surface area (Å²) >= 11 is 0. The maximum atomic E-state index is 11.6. The summed E-state index contributed by atoms with van der Waals surface area (Å²) in [4.78, 5) is 23.0. The van der Waals surface area contributed by atoms with Gasteiger partial charge in [-0.15, -0.1) is 0 Å². The molecule has 0 aliphatic carbocycles. The number of carbonyl (C=O) groups is 2. The Balaban J connectivity index is 3.07. The molecule has 0 saturated heterocycles. The molecule has 0 unspecified atom stereocenters. The van der Waals surface area contributed by atoms with E-state index in [2.05, 4.69) is 0 Å². The van der Waals surface area contributed by atoms with Gasteiger partial charge in [0.05, 0.1) is 13.7 Å². The molecule has 0 spiro atoms. The Bertz CT molecular complexity index is 474. The van der Waals surface area contributed by atoms with E-state index in [-0.39, 0.29) is 18.0 Å². The SMILES string of the molecule is CCOC(=O)C(=Cc1cccc(OC)c1)C(C)=O.